The van der Waals surface area contributed by atoms with E-state index in [1.165, 1.54) is 16.7 Å². The third-order valence-corrected chi connectivity index (χ3v) is 6.06. The van der Waals surface area contributed by atoms with Crippen molar-refractivity contribution < 1.29 is 18.7 Å². The van der Waals surface area contributed by atoms with Crippen LogP contribution in [-0.4, -0.2) is 33.0 Å². The zero-order valence-electron chi connectivity index (χ0n) is 17.5. The number of rotatable bonds is 7. The molecule has 4 rings (SSSR count). The first-order chi connectivity index (χ1) is 15.0. The number of thioether (sulfide) groups is 1. The van der Waals surface area contributed by atoms with Crippen LogP contribution >= 0.6 is 11.8 Å². The molecule has 1 aromatic heterocycles. The van der Waals surface area contributed by atoms with Crippen LogP contribution in [0.25, 0.3) is 5.57 Å². The van der Waals surface area contributed by atoms with Gasteiger partial charge in [-0.25, -0.2) is 4.90 Å². The van der Waals surface area contributed by atoms with Gasteiger partial charge in [-0.05, 0) is 36.4 Å². The molecule has 0 radical (unpaired) electrons. The summed E-state index contributed by atoms with van der Waals surface area (Å²) in [6, 6.07) is 18.2. The predicted octanol–water partition coefficient (Wildman–Crippen LogP) is 4.57. The number of carbonyl (C=O) groups is 2. The molecule has 31 heavy (non-hydrogen) atoms. The number of ether oxygens (including phenoxy) is 1. The average Bonchev–Trinajstić information content (AvgIpc) is 3.38. The maximum Gasteiger partial charge on any atom is 0.272 e. The molecule has 0 atom stereocenters. The number of amides is 2. The van der Waals surface area contributed by atoms with Gasteiger partial charge in [0.1, 0.15) is 11.5 Å². The summed E-state index contributed by atoms with van der Waals surface area (Å²) in [5.41, 5.74) is 2.36. The van der Waals surface area contributed by atoms with Gasteiger partial charge in [-0.2, -0.15) is 0 Å². The number of para-hydroxylation sites is 1. The van der Waals surface area contributed by atoms with Crippen LogP contribution in [0.2, 0.25) is 0 Å². The molecule has 0 fully saturated rings. The van der Waals surface area contributed by atoms with Gasteiger partial charge in [0.2, 0.25) is 0 Å². The van der Waals surface area contributed by atoms with E-state index in [9.17, 15) is 9.59 Å². The lowest BCUT2D eigenvalue weighted by molar-refractivity contribution is -0.119. The first kappa shape index (κ1) is 20.8. The minimum Gasteiger partial charge on any atom is -0.496 e. The van der Waals surface area contributed by atoms with Crippen molar-refractivity contribution in [2.24, 2.45) is 0 Å². The van der Waals surface area contributed by atoms with E-state index in [-0.39, 0.29) is 11.8 Å². The number of hydrogen-bond donors (Lipinski definition) is 0. The Morgan fingerprint density at radius 1 is 1.00 bits per heavy atom. The van der Waals surface area contributed by atoms with Crippen LogP contribution in [0.3, 0.4) is 0 Å². The second kappa shape index (κ2) is 8.73. The SMILES string of the molecule is COc1ccccc1C1=C(SCc2ccco2)C(=O)N(c2cccc(N(C)C)c2)C1=O. The number of benzene rings is 2. The molecule has 3 aromatic rings. The Kier molecular flexibility index (Phi) is 5.86. The van der Waals surface area contributed by atoms with Crippen molar-refractivity contribution in [1.29, 1.82) is 0 Å². The minimum atomic E-state index is -0.368. The Morgan fingerprint density at radius 3 is 2.52 bits per heavy atom. The molecular weight excluding hydrogens is 412 g/mol. The van der Waals surface area contributed by atoms with E-state index >= 15 is 0 Å². The van der Waals surface area contributed by atoms with Crippen LogP contribution < -0.4 is 14.5 Å². The van der Waals surface area contributed by atoms with Crippen molar-refractivity contribution in [2.45, 2.75) is 5.75 Å². The van der Waals surface area contributed by atoms with E-state index in [0.717, 1.165) is 11.4 Å². The van der Waals surface area contributed by atoms with Crippen molar-refractivity contribution in [3.63, 3.8) is 0 Å². The smallest absolute Gasteiger partial charge is 0.272 e. The molecule has 6 nitrogen and oxygen atoms in total. The Bertz CT molecular complexity index is 1150. The molecule has 1 aliphatic heterocycles. The predicted molar refractivity (Wildman–Crippen MR) is 123 cm³/mol. The summed E-state index contributed by atoms with van der Waals surface area (Å²) in [5.74, 6) is 0.987. The highest BCUT2D eigenvalue weighted by Crippen LogP contribution is 2.42. The normalized spacial score (nSPS) is 13.8. The quantitative estimate of drug-likeness (QED) is 0.508. The number of hydrogen-bond acceptors (Lipinski definition) is 6. The molecule has 0 saturated carbocycles. The zero-order chi connectivity index (χ0) is 22.0. The molecule has 0 spiro atoms. The third-order valence-electron chi connectivity index (χ3n) is 4.96. The highest BCUT2D eigenvalue weighted by atomic mass is 32.2. The Hall–Kier alpha value is -3.45. The molecule has 0 saturated heterocycles. The van der Waals surface area contributed by atoms with Gasteiger partial charge >= 0.3 is 0 Å². The van der Waals surface area contributed by atoms with Gasteiger partial charge in [0, 0.05) is 25.3 Å². The maximum absolute atomic E-state index is 13.6. The number of furan rings is 1. The van der Waals surface area contributed by atoms with Crippen molar-refractivity contribution in [3.8, 4) is 5.75 Å². The van der Waals surface area contributed by atoms with Crippen LogP contribution in [0.1, 0.15) is 11.3 Å². The van der Waals surface area contributed by atoms with Gasteiger partial charge in [-0.3, -0.25) is 9.59 Å². The number of nitrogens with zero attached hydrogens (tertiary/aromatic N) is 2. The topological polar surface area (TPSA) is 63.0 Å². The molecule has 2 amide bonds. The monoisotopic (exact) mass is 434 g/mol. The fraction of sp³-hybridized carbons (Fsp3) is 0.167. The average molecular weight is 435 g/mol. The minimum absolute atomic E-state index is 0.342. The third kappa shape index (κ3) is 3.96. The van der Waals surface area contributed by atoms with Crippen molar-refractivity contribution in [3.05, 3.63) is 83.2 Å². The van der Waals surface area contributed by atoms with Gasteiger partial charge in [0.25, 0.3) is 11.8 Å². The Labute approximate surface area is 185 Å². The lowest BCUT2D eigenvalue weighted by Gasteiger charge is -2.19. The van der Waals surface area contributed by atoms with E-state index in [4.69, 9.17) is 9.15 Å². The first-order valence-electron chi connectivity index (χ1n) is 9.70. The van der Waals surface area contributed by atoms with E-state index in [1.807, 2.05) is 55.4 Å². The largest absolute Gasteiger partial charge is 0.496 e. The van der Waals surface area contributed by atoms with E-state index in [1.54, 1.807) is 37.6 Å². The number of carbonyl (C=O) groups excluding carboxylic acids is 2. The molecule has 2 aromatic carbocycles. The number of imide groups is 1. The zero-order valence-corrected chi connectivity index (χ0v) is 18.3. The molecule has 0 aliphatic carbocycles. The molecule has 1 aliphatic rings. The second-order valence-corrected chi connectivity index (χ2v) is 8.12. The van der Waals surface area contributed by atoms with Crippen LogP contribution in [-0.2, 0) is 15.3 Å². The molecule has 0 N–H and O–H groups in total. The lowest BCUT2D eigenvalue weighted by Crippen LogP contribution is -2.31. The second-order valence-electron chi connectivity index (χ2n) is 7.13. The van der Waals surface area contributed by atoms with E-state index in [0.29, 0.717) is 33.2 Å². The summed E-state index contributed by atoms with van der Waals surface area (Å²) in [7, 11) is 5.38. The molecule has 0 unspecified atom stereocenters. The van der Waals surface area contributed by atoms with Gasteiger partial charge in [0.15, 0.2) is 0 Å². The summed E-state index contributed by atoms with van der Waals surface area (Å²) in [6.45, 7) is 0. The van der Waals surface area contributed by atoms with Crippen molar-refractivity contribution in [1.82, 2.24) is 0 Å². The number of anilines is 2. The van der Waals surface area contributed by atoms with Gasteiger partial charge in [-0.15, -0.1) is 11.8 Å². The molecule has 2 heterocycles. The summed E-state index contributed by atoms with van der Waals surface area (Å²) >= 11 is 1.29. The molecular formula is C24H22N2O4S. The first-order valence-corrected chi connectivity index (χ1v) is 10.7. The van der Waals surface area contributed by atoms with Crippen molar-refractivity contribution in [2.75, 3.05) is 31.0 Å². The van der Waals surface area contributed by atoms with Gasteiger partial charge in [0.05, 0.1) is 35.3 Å². The summed E-state index contributed by atoms with van der Waals surface area (Å²) in [5, 5.41) is 0. The van der Waals surface area contributed by atoms with Crippen LogP contribution in [0, 0.1) is 0 Å². The van der Waals surface area contributed by atoms with E-state index < -0.39 is 0 Å². The van der Waals surface area contributed by atoms with E-state index in [2.05, 4.69) is 0 Å². The van der Waals surface area contributed by atoms with Crippen LogP contribution in [0.5, 0.6) is 5.75 Å². The van der Waals surface area contributed by atoms with Gasteiger partial charge in [-0.1, -0.05) is 24.3 Å². The molecule has 7 heteroatoms. The standard InChI is InChI=1S/C24H22N2O4S/c1-25(2)16-8-6-9-17(14-16)26-23(27)21(19-11-4-5-12-20(19)29-3)22(24(26)28)31-15-18-10-7-13-30-18/h4-14H,15H2,1-3H3. The fourth-order valence-electron chi connectivity index (χ4n) is 3.42. The summed E-state index contributed by atoms with van der Waals surface area (Å²) in [6.07, 6.45) is 1.59. The number of methoxy groups -OCH3 is 1. The van der Waals surface area contributed by atoms with Gasteiger partial charge < -0.3 is 14.1 Å². The lowest BCUT2D eigenvalue weighted by atomic mass is 10.0. The Balaban J connectivity index is 1.79. The van der Waals surface area contributed by atoms with Crippen LogP contribution in [0.15, 0.2) is 76.2 Å². The van der Waals surface area contributed by atoms with Crippen molar-refractivity contribution >= 4 is 40.5 Å². The summed E-state index contributed by atoms with van der Waals surface area (Å²) in [4.78, 5) is 30.6. The molecule has 0 bridgehead atoms. The molecule has 158 valence electrons. The Morgan fingerprint density at radius 2 is 1.81 bits per heavy atom. The summed E-state index contributed by atoms with van der Waals surface area (Å²) < 4.78 is 10.9. The van der Waals surface area contributed by atoms with Crippen LogP contribution in [0.4, 0.5) is 11.4 Å². The fourth-order valence-corrected chi connectivity index (χ4v) is 4.42. The highest BCUT2D eigenvalue weighted by Gasteiger charge is 2.41. The highest BCUT2D eigenvalue weighted by molar-refractivity contribution is 8.03. The maximum atomic E-state index is 13.6.